The number of anilines is 2. The highest BCUT2D eigenvalue weighted by Crippen LogP contribution is 2.26. The minimum atomic E-state index is -0.0118. The number of carbonyl (C=O) groups is 2. The molecular weight excluding hydrogens is 338 g/mol. The van der Waals surface area contributed by atoms with E-state index >= 15 is 0 Å². The van der Waals surface area contributed by atoms with Gasteiger partial charge in [0, 0.05) is 38.4 Å². The quantitative estimate of drug-likeness (QED) is 0.856. The highest BCUT2D eigenvalue weighted by Gasteiger charge is 2.18. The minimum absolute atomic E-state index is 0.0118. The van der Waals surface area contributed by atoms with Crippen LogP contribution in [0.1, 0.15) is 24.0 Å². The van der Waals surface area contributed by atoms with Gasteiger partial charge >= 0.3 is 0 Å². The smallest absolute Gasteiger partial charge is 0.243 e. The van der Waals surface area contributed by atoms with Gasteiger partial charge in [-0.25, -0.2) is 0 Å². The maximum absolute atomic E-state index is 12.5. The predicted molar refractivity (Wildman–Crippen MR) is 109 cm³/mol. The number of rotatable bonds is 6. The van der Waals surface area contributed by atoms with E-state index in [2.05, 4.69) is 28.4 Å². The zero-order chi connectivity index (χ0) is 19.2. The van der Waals surface area contributed by atoms with Gasteiger partial charge in [0.2, 0.25) is 11.8 Å². The molecule has 1 aliphatic rings. The molecule has 0 aromatic heterocycles. The number of aryl methyl sites for hydroxylation is 2. The molecule has 0 saturated carbocycles. The summed E-state index contributed by atoms with van der Waals surface area (Å²) in [5.41, 5.74) is 4.36. The van der Waals surface area contributed by atoms with Crippen LogP contribution in [0, 0.1) is 0 Å². The van der Waals surface area contributed by atoms with Crippen LogP contribution in [0.5, 0.6) is 0 Å². The van der Waals surface area contributed by atoms with E-state index in [9.17, 15) is 9.59 Å². The zero-order valence-corrected chi connectivity index (χ0v) is 16.1. The largest absolute Gasteiger partial charge is 0.362 e. The number of carbonyl (C=O) groups excluding carboxylic acids is 2. The Morgan fingerprint density at radius 3 is 2.56 bits per heavy atom. The van der Waals surface area contributed by atoms with Crippen molar-refractivity contribution in [3.05, 3.63) is 59.7 Å². The first-order valence-corrected chi connectivity index (χ1v) is 9.45. The summed E-state index contributed by atoms with van der Waals surface area (Å²) in [7, 11) is 3.53. The molecule has 5 heteroatoms. The number of fused-ring (bicyclic) bond motifs is 1. The van der Waals surface area contributed by atoms with Crippen molar-refractivity contribution < 1.29 is 9.59 Å². The van der Waals surface area contributed by atoms with Gasteiger partial charge in [-0.2, -0.15) is 0 Å². The van der Waals surface area contributed by atoms with Crippen molar-refractivity contribution in [2.75, 3.05) is 37.4 Å². The molecule has 142 valence electrons. The van der Waals surface area contributed by atoms with Crippen LogP contribution in [0.25, 0.3) is 0 Å². The molecular formula is C22H27N3O2. The van der Waals surface area contributed by atoms with Crippen molar-refractivity contribution in [1.82, 2.24) is 4.90 Å². The van der Waals surface area contributed by atoms with Crippen LogP contribution in [0.15, 0.2) is 48.5 Å². The van der Waals surface area contributed by atoms with Gasteiger partial charge in [-0.3, -0.25) is 9.59 Å². The predicted octanol–water partition coefficient (Wildman–Crippen LogP) is 3.10. The molecule has 0 atom stereocenters. The van der Waals surface area contributed by atoms with Gasteiger partial charge in [0.15, 0.2) is 0 Å². The highest BCUT2D eigenvalue weighted by atomic mass is 16.2. The molecule has 3 rings (SSSR count). The lowest BCUT2D eigenvalue weighted by Gasteiger charge is -2.30. The molecule has 2 amide bonds. The number of hydrogen-bond acceptors (Lipinski definition) is 3. The summed E-state index contributed by atoms with van der Waals surface area (Å²) >= 11 is 0. The third-order valence-corrected chi connectivity index (χ3v) is 4.90. The zero-order valence-electron chi connectivity index (χ0n) is 16.1. The fourth-order valence-corrected chi connectivity index (χ4v) is 3.38. The Kier molecular flexibility index (Phi) is 6.12. The second-order valence-corrected chi connectivity index (χ2v) is 7.19. The van der Waals surface area contributed by atoms with Crippen molar-refractivity contribution in [3.63, 3.8) is 0 Å². The Hall–Kier alpha value is -2.82. The Balaban J connectivity index is 1.53. The number of amides is 2. The highest BCUT2D eigenvalue weighted by molar-refractivity contribution is 5.94. The lowest BCUT2D eigenvalue weighted by molar-refractivity contribution is -0.128. The van der Waals surface area contributed by atoms with Gasteiger partial charge in [0.25, 0.3) is 0 Å². The molecule has 1 N–H and O–H groups in total. The van der Waals surface area contributed by atoms with Gasteiger partial charge in [0.1, 0.15) is 0 Å². The van der Waals surface area contributed by atoms with Gasteiger partial charge in [-0.05, 0) is 48.6 Å². The average Bonchev–Trinajstić information content (AvgIpc) is 2.67. The monoisotopic (exact) mass is 365 g/mol. The fraction of sp³-hybridized carbons (Fsp3) is 0.364. The standard InChI is InChI=1S/C22H27N3O2/c1-24(2)22(27)14-11-17-9-12-19(13-10-17)23-21(26)16-25-15-5-7-18-6-3-4-8-20(18)25/h3-4,6,8-10,12-13H,5,7,11,14-16H2,1-2H3,(H,23,26). The van der Waals surface area contributed by atoms with E-state index in [0.29, 0.717) is 19.4 Å². The third kappa shape index (κ3) is 5.09. The SMILES string of the molecule is CN(C)C(=O)CCc1ccc(NC(=O)CN2CCCc3ccccc32)cc1. The summed E-state index contributed by atoms with van der Waals surface area (Å²) in [6, 6.07) is 16.0. The van der Waals surface area contributed by atoms with Crippen LogP contribution in [0.3, 0.4) is 0 Å². The average molecular weight is 365 g/mol. The van der Waals surface area contributed by atoms with E-state index in [4.69, 9.17) is 0 Å². The van der Waals surface area contributed by atoms with Crippen molar-refractivity contribution in [1.29, 1.82) is 0 Å². The van der Waals surface area contributed by atoms with Gasteiger partial charge in [0.05, 0.1) is 6.54 Å². The van der Waals surface area contributed by atoms with Gasteiger partial charge in [-0.1, -0.05) is 30.3 Å². The van der Waals surface area contributed by atoms with Crippen molar-refractivity contribution in [3.8, 4) is 0 Å². The second kappa shape index (κ2) is 8.71. The Labute approximate surface area is 161 Å². The first-order valence-electron chi connectivity index (χ1n) is 9.45. The van der Waals surface area contributed by atoms with E-state index in [1.165, 1.54) is 11.3 Å². The molecule has 1 heterocycles. The van der Waals surface area contributed by atoms with E-state index in [1.54, 1.807) is 19.0 Å². The molecule has 27 heavy (non-hydrogen) atoms. The van der Waals surface area contributed by atoms with Crippen LogP contribution in [0.2, 0.25) is 0 Å². The van der Waals surface area contributed by atoms with Crippen molar-refractivity contribution in [2.24, 2.45) is 0 Å². The lowest BCUT2D eigenvalue weighted by Crippen LogP contribution is -2.36. The molecule has 2 aromatic rings. The molecule has 0 bridgehead atoms. The van der Waals surface area contributed by atoms with Crippen LogP contribution in [-0.4, -0.2) is 43.9 Å². The molecule has 1 aliphatic heterocycles. The molecule has 0 aliphatic carbocycles. The van der Waals surface area contributed by atoms with Crippen LogP contribution < -0.4 is 10.2 Å². The van der Waals surface area contributed by atoms with E-state index < -0.39 is 0 Å². The van der Waals surface area contributed by atoms with E-state index in [0.717, 1.165) is 30.6 Å². The topological polar surface area (TPSA) is 52.7 Å². The Morgan fingerprint density at radius 2 is 1.81 bits per heavy atom. The van der Waals surface area contributed by atoms with Crippen LogP contribution in [-0.2, 0) is 22.4 Å². The summed E-state index contributed by atoms with van der Waals surface area (Å²) in [4.78, 5) is 27.9. The normalized spacial score (nSPS) is 13.0. The molecule has 0 saturated heterocycles. The first-order chi connectivity index (χ1) is 13.0. The maximum Gasteiger partial charge on any atom is 0.243 e. The minimum Gasteiger partial charge on any atom is -0.362 e. The van der Waals surface area contributed by atoms with E-state index in [1.807, 2.05) is 30.3 Å². The van der Waals surface area contributed by atoms with E-state index in [-0.39, 0.29) is 11.8 Å². The summed E-state index contributed by atoms with van der Waals surface area (Å²) in [6.07, 6.45) is 3.35. The van der Waals surface area contributed by atoms with Gasteiger partial charge in [-0.15, -0.1) is 0 Å². The Bertz CT molecular complexity index is 799. The number of benzene rings is 2. The van der Waals surface area contributed by atoms with Crippen LogP contribution >= 0.6 is 0 Å². The summed E-state index contributed by atoms with van der Waals surface area (Å²) in [6.45, 7) is 1.26. The molecule has 0 fully saturated rings. The van der Waals surface area contributed by atoms with Crippen molar-refractivity contribution in [2.45, 2.75) is 25.7 Å². The van der Waals surface area contributed by atoms with Crippen LogP contribution in [0.4, 0.5) is 11.4 Å². The third-order valence-electron chi connectivity index (χ3n) is 4.90. The van der Waals surface area contributed by atoms with Crippen molar-refractivity contribution >= 4 is 23.2 Å². The maximum atomic E-state index is 12.5. The molecule has 0 unspecified atom stereocenters. The molecule has 0 radical (unpaired) electrons. The summed E-state index contributed by atoms with van der Waals surface area (Å²) in [5, 5.41) is 2.97. The Morgan fingerprint density at radius 1 is 1.07 bits per heavy atom. The molecule has 2 aromatic carbocycles. The molecule has 5 nitrogen and oxygen atoms in total. The molecule has 0 spiro atoms. The summed E-state index contributed by atoms with van der Waals surface area (Å²) < 4.78 is 0. The van der Waals surface area contributed by atoms with Gasteiger partial charge < -0.3 is 15.1 Å². The number of para-hydroxylation sites is 1. The fourth-order valence-electron chi connectivity index (χ4n) is 3.38. The lowest BCUT2D eigenvalue weighted by atomic mass is 10.0. The number of nitrogens with one attached hydrogen (secondary N) is 1. The number of hydrogen-bond donors (Lipinski definition) is 1. The second-order valence-electron chi connectivity index (χ2n) is 7.19. The first kappa shape index (κ1) is 19.0. The summed E-state index contributed by atoms with van der Waals surface area (Å²) in [5.74, 6) is 0.108. The number of nitrogens with zero attached hydrogens (tertiary/aromatic N) is 2.